The van der Waals surface area contributed by atoms with Crippen molar-refractivity contribution in [3.05, 3.63) is 114 Å². The molecule has 47 heavy (non-hydrogen) atoms. The maximum Gasteiger partial charge on any atom is 0.339 e. The Hall–Kier alpha value is -4.71. The number of rotatable bonds is 11. The monoisotopic (exact) mass is 648 g/mol. The molecule has 1 N–H and O–H groups in total. The highest BCUT2D eigenvalue weighted by Gasteiger charge is 2.37. The summed E-state index contributed by atoms with van der Waals surface area (Å²) in [6.07, 6.45) is 3.13. The first kappa shape index (κ1) is 30.9. The lowest BCUT2D eigenvalue weighted by molar-refractivity contribution is 0.0696. The van der Waals surface area contributed by atoms with E-state index in [-0.39, 0.29) is 35.7 Å². The lowest BCUT2D eigenvalue weighted by Gasteiger charge is -2.45. The van der Waals surface area contributed by atoms with Crippen LogP contribution >= 0.6 is 0 Å². The summed E-state index contributed by atoms with van der Waals surface area (Å²) < 4.78 is 24.1. The summed E-state index contributed by atoms with van der Waals surface area (Å²) in [5, 5.41) is 15.7. The second-order valence-electron chi connectivity index (χ2n) is 13.4. The zero-order chi connectivity index (χ0) is 32.7. The Labute approximate surface area is 273 Å². The smallest absolute Gasteiger partial charge is 0.339 e. The van der Waals surface area contributed by atoms with Crippen molar-refractivity contribution in [2.45, 2.75) is 44.5 Å². The summed E-state index contributed by atoms with van der Waals surface area (Å²) in [7, 11) is -1.27. The van der Waals surface area contributed by atoms with E-state index in [4.69, 9.17) is 14.8 Å². The van der Waals surface area contributed by atoms with Crippen molar-refractivity contribution in [1.82, 2.24) is 29.2 Å². The molecular weight excluding hydrogens is 612 g/mol. The predicted molar refractivity (Wildman–Crippen MR) is 183 cm³/mol. The molecule has 4 heterocycles. The first-order valence-electron chi connectivity index (χ1n) is 15.9. The fourth-order valence-electron chi connectivity index (χ4n) is 6.28. The van der Waals surface area contributed by atoms with Crippen molar-refractivity contribution in [2.24, 2.45) is 0 Å². The van der Waals surface area contributed by atoms with Gasteiger partial charge in [-0.3, -0.25) is 9.58 Å². The van der Waals surface area contributed by atoms with Crippen molar-refractivity contribution < 1.29 is 19.0 Å². The lowest BCUT2D eigenvalue weighted by Crippen LogP contribution is -2.49. The van der Waals surface area contributed by atoms with E-state index in [1.807, 2.05) is 16.8 Å². The second kappa shape index (κ2) is 12.5. The van der Waals surface area contributed by atoms with Crippen LogP contribution in [0, 0.1) is 5.82 Å². The van der Waals surface area contributed by atoms with Crippen LogP contribution in [0.5, 0.6) is 0 Å². The Bertz CT molecular complexity index is 2010. The van der Waals surface area contributed by atoms with Gasteiger partial charge in [0.15, 0.2) is 5.65 Å². The van der Waals surface area contributed by atoms with Crippen LogP contribution in [0.25, 0.3) is 33.5 Å². The molecule has 0 amide bonds. The van der Waals surface area contributed by atoms with Crippen LogP contribution in [-0.4, -0.2) is 68.1 Å². The molecule has 1 aliphatic heterocycles. The summed E-state index contributed by atoms with van der Waals surface area (Å²) in [6, 6.07) is 26.6. The largest absolute Gasteiger partial charge is 0.478 e. The fourth-order valence-corrected chi connectivity index (χ4v) is 7.03. The van der Waals surface area contributed by atoms with E-state index in [1.54, 1.807) is 16.8 Å². The molecule has 11 heteroatoms. The summed E-state index contributed by atoms with van der Waals surface area (Å²) in [6.45, 7) is 9.06. The number of hydrogen-bond acceptors (Lipinski definition) is 6. The van der Waals surface area contributed by atoms with Crippen LogP contribution in [0.2, 0.25) is 25.7 Å². The Balaban J connectivity index is 1.21. The number of halogens is 1. The first-order chi connectivity index (χ1) is 22.7. The molecule has 0 radical (unpaired) electrons. The molecule has 9 nitrogen and oxygen atoms in total. The molecular formula is C36H37FN6O3Si. The molecule has 6 aromatic rings. The minimum Gasteiger partial charge on any atom is -0.478 e. The van der Waals surface area contributed by atoms with Crippen LogP contribution in [0.3, 0.4) is 0 Å². The number of carbonyl (C=O) groups is 1. The Morgan fingerprint density at radius 3 is 2.34 bits per heavy atom. The molecule has 0 bridgehead atoms. The Kier molecular flexibility index (Phi) is 8.21. The molecule has 3 aromatic heterocycles. The van der Waals surface area contributed by atoms with Gasteiger partial charge in [0.05, 0.1) is 23.8 Å². The lowest BCUT2D eigenvalue weighted by atomic mass is 9.93. The molecule has 1 fully saturated rings. The Morgan fingerprint density at radius 2 is 1.70 bits per heavy atom. The van der Waals surface area contributed by atoms with Gasteiger partial charge in [0, 0.05) is 39.4 Å². The van der Waals surface area contributed by atoms with E-state index in [0.717, 1.165) is 24.5 Å². The van der Waals surface area contributed by atoms with Gasteiger partial charge in [-0.05, 0) is 35.4 Å². The quantitative estimate of drug-likeness (QED) is 0.117. The van der Waals surface area contributed by atoms with Crippen LogP contribution in [-0.2, 0) is 11.5 Å². The number of aromatic nitrogens is 5. The van der Waals surface area contributed by atoms with E-state index < -0.39 is 14.0 Å². The third-order valence-corrected chi connectivity index (χ3v) is 10.5. The second-order valence-corrected chi connectivity index (χ2v) is 19.0. The van der Waals surface area contributed by atoms with E-state index in [9.17, 15) is 14.3 Å². The number of fused-ring (bicyclic) bond motifs is 2. The van der Waals surface area contributed by atoms with Crippen molar-refractivity contribution >= 4 is 36.1 Å². The van der Waals surface area contributed by atoms with Gasteiger partial charge in [-0.2, -0.15) is 5.10 Å². The van der Waals surface area contributed by atoms with Gasteiger partial charge in [-0.1, -0.05) is 80.3 Å². The predicted octanol–water partition coefficient (Wildman–Crippen LogP) is 7.24. The Morgan fingerprint density at radius 1 is 1.02 bits per heavy atom. The highest BCUT2D eigenvalue weighted by molar-refractivity contribution is 6.76. The maximum absolute atomic E-state index is 14.6. The fraction of sp³-hybridized carbons (Fsp3) is 0.278. The van der Waals surface area contributed by atoms with E-state index >= 15 is 0 Å². The van der Waals surface area contributed by atoms with Gasteiger partial charge in [0.2, 0.25) is 0 Å². The normalized spacial score (nSPS) is 14.3. The number of nitrogens with zero attached hydrogens (tertiary/aromatic N) is 6. The average Bonchev–Trinajstić information content (AvgIpc) is 3.59. The summed E-state index contributed by atoms with van der Waals surface area (Å²) in [5.41, 5.74) is 4.77. The zero-order valence-corrected chi connectivity index (χ0v) is 27.7. The van der Waals surface area contributed by atoms with Crippen LogP contribution in [0.4, 0.5) is 4.39 Å². The summed E-state index contributed by atoms with van der Waals surface area (Å²) in [4.78, 5) is 24.1. The van der Waals surface area contributed by atoms with Crippen molar-refractivity contribution in [3.63, 3.8) is 0 Å². The van der Waals surface area contributed by atoms with Crippen molar-refractivity contribution in [1.29, 1.82) is 0 Å². The van der Waals surface area contributed by atoms with Crippen LogP contribution in [0.15, 0.2) is 91.3 Å². The molecule has 0 aliphatic carbocycles. The van der Waals surface area contributed by atoms with Crippen LogP contribution < -0.4 is 0 Å². The number of ether oxygens (including phenoxy) is 1. The van der Waals surface area contributed by atoms with Gasteiger partial charge in [0.1, 0.15) is 35.0 Å². The molecule has 0 saturated carbocycles. The first-order valence-corrected chi connectivity index (χ1v) is 19.6. The molecule has 1 aliphatic rings. The van der Waals surface area contributed by atoms with Gasteiger partial charge in [0.25, 0.3) is 0 Å². The van der Waals surface area contributed by atoms with Crippen LogP contribution in [0.1, 0.15) is 33.6 Å². The van der Waals surface area contributed by atoms with Gasteiger partial charge >= 0.3 is 5.97 Å². The highest BCUT2D eigenvalue weighted by Crippen LogP contribution is 2.38. The van der Waals surface area contributed by atoms with E-state index in [1.165, 1.54) is 29.5 Å². The van der Waals surface area contributed by atoms with Crippen molar-refractivity contribution in [2.75, 3.05) is 19.7 Å². The summed E-state index contributed by atoms with van der Waals surface area (Å²) >= 11 is 0. The number of likely N-dealkylation sites (tertiary alicyclic amines) is 1. The highest BCUT2D eigenvalue weighted by atomic mass is 28.3. The molecule has 240 valence electrons. The number of carboxylic acid groups (broad SMARTS) is 1. The average molecular weight is 649 g/mol. The number of benzene rings is 3. The molecule has 1 saturated heterocycles. The molecule has 0 unspecified atom stereocenters. The maximum atomic E-state index is 14.6. The topological polar surface area (TPSA) is 98.3 Å². The van der Waals surface area contributed by atoms with Gasteiger partial charge in [-0.15, -0.1) is 0 Å². The number of hydrogen-bond donors (Lipinski definition) is 1. The summed E-state index contributed by atoms with van der Waals surface area (Å²) in [5.74, 6) is -1.45. The molecule has 3 aromatic carbocycles. The standard InChI is InChI=1S/C36H37FN6O3Si/c1-47(2,3)17-16-46-23-42-22-29(36(44)45)33-35(42)38-19-30(39-33)32-28-15-14-26(37)18-31(28)43(40-32)27-20-41(21-27)34(24-10-6-4-7-11-24)25-12-8-5-9-13-25/h4-15,18-19,22,27,34H,16-17,20-21,23H2,1-3H3,(H,44,45). The number of aromatic carboxylic acids is 1. The zero-order valence-electron chi connectivity index (χ0n) is 26.7. The van der Waals surface area contributed by atoms with E-state index in [2.05, 4.69) is 78.1 Å². The van der Waals surface area contributed by atoms with Gasteiger partial charge < -0.3 is 14.4 Å². The third-order valence-electron chi connectivity index (χ3n) is 8.77. The molecule has 7 rings (SSSR count). The minimum atomic E-state index is -1.27. The molecule has 0 atom stereocenters. The minimum absolute atomic E-state index is 0.00337. The molecule has 0 spiro atoms. The third kappa shape index (κ3) is 6.21. The van der Waals surface area contributed by atoms with E-state index in [0.29, 0.717) is 29.2 Å². The number of carboxylic acids is 1. The van der Waals surface area contributed by atoms with Gasteiger partial charge in [-0.25, -0.2) is 19.2 Å². The SMILES string of the molecule is C[Si](C)(C)CCOCn1cc(C(=O)O)c2nc(-c3nn(C4CN(C(c5ccccc5)c5ccccc5)C4)c4cc(F)ccc34)cnc21. The van der Waals surface area contributed by atoms with Crippen molar-refractivity contribution in [3.8, 4) is 11.4 Å².